The van der Waals surface area contributed by atoms with Crippen molar-refractivity contribution in [3.63, 3.8) is 0 Å². The molecule has 0 atom stereocenters. The van der Waals surface area contributed by atoms with Crippen LogP contribution in [0.5, 0.6) is 11.6 Å². The van der Waals surface area contributed by atoms with Gasteiger partial charge in [-0.05, 0) is 54.8 Å². The summed E-state index contributed by atoms with van der Waals surface area (Å²) in [5.74, 6) is -3.66. The molecule has 0 aliphatic rings. The van der Waals surface area contributed by atoms with Gasteiger partial charge in [0.15, 0.2) is 21.4 Å². The topological polar surface area (TPSA) is 494 Å². The highest BCUT2D eigenvalue weighted by Gasteiger charge is 2.28. The number of urea groups is 1. The maximum atomic E-state index is 12.9. The smallest absolute Gasteiger partial charge is 0.319 e. The van der Waals surface area contributed by atoms with Gasteiger partial charge in [-0.15, -0.1) is 40.9 Å². The fourth-order valence-corrected chi connectivity index (χ4v) is 11.3. The molecular weight excluding hydrogens is 1130 g/mol. The van der Waals surface area contributed by atoms with Gasteiger partial charge < -0.3 is 20.8 Å². The highest BCUT2D eigenvalue weighted by atomic mass is 32.2. The highest BCUT2D eigenvalue weighted by molar-refractivity contribution is 8.01. The standard InChI is InChI=1S/C36H29N13O18S7/c1-16-19(15-37)32-39-20-4-2-3-5-25(20)49(32)33(51)29(16)44-42-23-12-18-17(10-26(23)72(59,60)61)11-28(74(65,66)67)30(31(18)50)45-43-24-13-21(40-34(52)38-6-8-70(53,54)55)22(14-27(24)73(62,63)64)41-46-35-47-48-36(69-35)68-7-9-71(56,57)58/h2-5,10-14,50-51H,6-9H2,1H3,(H2,38,40,52)(H,53,54,55)(H,56,57,58)(H,59,60,61)(H,62,63,64)(H,65,66,67). The summed E-state index contributed by atoms with van der Waals surface area (Å²) in [7, 11) is -25.2. The number of hydrogen-bond donors (Lipinski definition) is 9. The number of carbonyl (C=O) groups is 1. The molecule has 0 saturated heterocycles. The number of azo groups is 3. The molecule has 38 heteroatoms. The largest absolute Gasteiger partial charge is 0.505 e. The van der Waals surface area contributed by atoms with Crippen LogP contribution in [0.4, 0.5) is 44.1 Å². The Morgan fingerprint density at radius 3 is 1.97 bits per heavy atom. The number of para-hydroxylation sites is 2. The Morgan fingerprint density at radius 1 is 0.743 bits per heavy atom. The number of pyridine rings is 1. The van der Waals surface area contributed by atoms with Crippen molar-refractivity contribution in [1.29, 1.82) is 5.26 Å². The van der Waals surface area contributed by atoms with Crippen molar-refractivity contribution < 1.29 is 79.9 Å². The number of nitriles is 1. The number of aromatic hydroxyl groups is 2. The van der Waals surface area contributed by atoms with E-state index in [1.54, 1.807) is 24.3 Å². The third kappa shape index (κ3) is 12.4. The molecule has 0 aliphatic heterocycles. The number of hydrogen-bond acceptors (Lipinski definition) is 25. The van der Waals surface area contributed by atoms with Crippen LogP contribution in [0.15, 0.2) is 104 Å². The van der Waals surface area contributed by atoms with Gasteiger partial charge in [-0.2, -0.15) is 47.4 Å². The Balaban J connectivity index is 1.36. The number of phenols is 1. The first kappa shape index (κ1) is 54.5. The predicted molar refractivity (Wildman–Crippen MR) is 258 cm³/mol. The van der Waals surface area contributed by atoms with Crippen molar-refractivity contribution >= 4 is 146 Å². The normalized spacial score (nSPS) is 13.0. The molecule has 31 nitrogen and oxygen atoms in total. The number of nitrogens with one attached hydrogen (secondary N) is 2. The molecule has 3 aromatic heterocycles. The average Bonchev–Trinajstić information content (AvgIpc) is 3.91. The summed E-state index contributed by atoms with van der Waals surface area (Å²) in [6, 6.07) is 10.2. The zero-order chi connectivity index (χ0) is 54.3. The number of benzene rings is 4. The molecule has 0 saturated carbocycles. The van der Waals surface area contributed by atoms with E-state index in [-0.39, 0.29) is 32.0 Å². The first-order chi connectivity index (χ1) is 34.4. The van der Waals surface area contributed by atoms with E-state index >= 15 is 0 Å². The number of amides is 2. The average molecular weight is 1160 g/mol. The van der Waals surface area contributed by atoms with Crippen molar-refractivity contribution in [1.82, 2.24) is 24.9 Å². The monoisotopic (exact) mass is 1150 g/mol. The second-order valence-corrected chi connectivity index (χ2v) is 24.3. The third-order valence-electron chi connectivity index (χ3n) is 9.71. The minimum absolute atomic E-state index is 0.00379. The molecule has 4 aromatic carbocycles. The molecule has 388 valence electrons. The van der Waals surface area contributed by atoms with E-state index < -0.39 is 146 Å². The summed E-state index contributed by atoms with van der Waals surface area (Å²) < 4.78 is 171. The number of aromatic nitrogens is 4. The number of rotatable bonds is 17. The summed E-state index contributed by atoms with van der Waals surface area (Å²) >= 11 is 1.56. The molecule has 0 aliphatic carbocycles. The van der Waals surface area contributed by atoms with Crippen LogP contribution in [0.25, 0.3) is 27.5 Å². The van der Waals surface area contributed by atoms with Crippen LogP contribution in [-0.2, 0) is 50.6 Å². The van der Waals surface area contributed by atoms with Gasteiger partial charge in [-0.3, -0.25) is 27.2 Å². The summed E-state index contributed by atoms with van der Waals surface area (Å²) in [4.78, 5) is 13.7. The number of imidazole rings is 1. The molecule has 3 heterocycles. The van der Waals surface area contributed by atoms with E-state index in [4.69, 9.17) is 9.11 Å². The van der Waals surface area contributed by atoms with Crippen molar-refractivity contribution in [2.75, 3.05) is 29.1 Å². The Morgan fingerprint density at radius 2 is 1.34 bits per heavy atom. The molecule has 0 spiro atoms. The quantitative estimate of drug-likeness (QED) is 0.0284. The predicted octanol–water partition coefficient (Wildman–Crippen LogP) is 6.06. The van der Waals surface area contributed by atoms with E-state index in [9.17, 15) is 76.0 Å². The Kier molecular flexibility index (Phi) is 15.1. The summed E-state index contributed by atoms with van der Waals surface area (Å²) in [6.45, 7) is 0.665. The Hall–Kier alpha value is -7.29. The molecule has 0 radical (unpaired) electrons. The van der Waals surface area contributed by atoms with E-state index in [2.05, 4.69) is 56.5 Å². The van der Waals surface area contributed by atoms with Crippen LogP contribution in [0.3, 0.4) is 0 Å². The van der Waals surface area contributed by atoms with Crippen molar-refractivity contribution in [3.05, 3.63) is 65.7 Å². The van der Waals surface area contributed by atoms with E-state index in [1.807, 2.05) is 6.07 Å². The highest BCUT2D eigenvalue weighted by Crippen LogP contribution is 2.46. The summed E-state index contributed by atoms with van der Waals surface area (Å²) in [5, 5.41) is 66.1. The molecular formula is C36H29N13O18S7. The molecule has 7 aromatic rings. The zero-order valence-electron chi connectivity index (χ0n) is 36.4. The molecule has 9 N–H and O–H groups in total. The molecule has 0 fully saturated rings. The van der Waals surface area contributed by atoms with Crippen molar-refractivity contribution in [2.45, 2.75) is 25.9 Å². The van der Waals surface area contributed by atoms with Gasteiger partial charge in [0.2, 0.25) is 5.88 Å². The summed E-state index contributed by atoms with van der Waals surface area (Å²) in [6.07, 6.45) is 0. The van der Waals surface area contributed by atoms with Crippen LogP contribution in [0, 0.1) is 18.3 Å². The Labute approximate surface area is 423 Å². The first-order valence-corrected chi connectivity index (χ1v) is 28.9. The van der Waals surface area contributed by atoms with E-state index in [1.165, 1.54) is 11.3 Å². The SMILES string of the molecule is Cc1c(N=Nc2cc3c(O)c(N=Nc4cc(NC(=O)NCCS(=O)(=O)O)c(N=Nc5nnc(SCCS(=O)(=O)O)s5)cc4S(=O)(=O)O)c(S(=O)(=O)O)cc3cc2S(=O)(=O)O)c(O)n2c(nc3ccccc32)c1C#N. The molecule has 0 bridgehead atoms. The fraction of sp³-hybridized carbons (Fsp3) is 0.139. The van der Waals surface area contributed by atoms with Gasteiger partial charge in [0, 0.05) is 23.2 Å². The number of thioether (sulfide) groups is 1. The van der Waals surface area contributed by atoms with Crippen molar-refractivity contribution in [3.8, 4) is 17.7 Å². The van der Waals surface area contributed by atoms with Gasteiger partial charge in [0.05, 0.1) is 28.2 Å². The summed E-state index contributed by atoms with van der Waals surface area (Å²) in [5.41, 5.74) is -3.96. The minimum atomic E-state index is -5.53. The maximum Gasteiger partial charge on any atom is 0.319 e. The van der Waals surface area contributed by atoms with Crippen LogP contribution in [0.1, 0.15) is 11.1 Å². The lowest BCUT2D eigenvalue weighted by Gasteiger charge is -2.13. The van der Waals surface area contributed by atoms with E-state index in [0.29, 0.717) is 35.3 Å². The molecule has 0 unspecified atom stereocenters. The zero-order valence-corrected chi connectivity index (χ0v) is 42.1. The molecule has 7 rings (SSSR count). The second kappa shape index (κ2) is 20.6. The first-order valence-electron chi connectivity index (χ1n) is 19.6. The third-order valence-corrected chi connectivity index (χ3v) is 16.0. The van der Waals surface area contributed by atoms with E-state index in [0.717, 1.165) is 29.2 Å². The molecule has 74 heavy (non-hydrogen) atoms. The number of carbonyl (C=O) groups excluding carboxylic acids is 1. The van der Waals surface area contributed by atoms with Gasteiger partial charge in [-0.1, -0.05) is 35.2 Å². The second-order valence-electron chi connectivity index (χ2n) is 14.7. The van der Waals surface area contributed by atoms with Crippen LogP contribution in [0.2, 0.25) is 0 Å². The number of nitrogens with zero attached hydrogens (tertiary/aromatic N) is 11. The van der Waals surface area contributed by atoms with Gasteiger partial charge in [-0.25, -0.2) is 9.78 Å². The number of fused-ring (bicyclic) bond motifs is 4. The lowest BCUT2D eigenvalue weighted by molar-refractivity contribution is 0.252. The minimum Gasteiger partial charge on any atom is -0.505 e. The van der Waals surface area contributed by atoms with Crippen LogP contribution >= 0.6 is 23.1 Å². The van der Waals surface area contributed by atoms with Gasteiger partial charge >= 0.3 is 6.03 Å². The lowest BCUT2D eigenvalue weighted by Crippen LogP contribution is -2.32. The molecule has 2 amide bonds. The maximum absolute atomic E-state index is 12.9. The van der Waals surface area contributed by atoms with Crippen LogP contribution < -0.4 is 10.6 Å². The Bertz CT molecular complexity index is 4230. The number of anilines is 1. The fourth-order valence-electron chi connectivity index (χ4n) is 6.49. The van der Waals surface area contributed by atoms with Crippen LogP contribution in [-0.4, -0.2) is 124 Å². The van der Waals surface area contributed by atoms with Gasteiger partial charge in [0.1, 0.15) is 49.1 Å². The van der Waals surface area contributed by atoms with Crippen molar-refractivity contribution in [2.24, 2.45) is 30.7 Å². The number of phenolic OH excluding ortho intramolecular Hbond substituents is 1. The lowest BCUT2D eigenvalue weighted by atomic mass is 10.1. The van der Waals surface area contributed by atoms with Gasteiger partial charge in [0.25, 0.3) is 55.7 Å².